The number of H-pyrrole nitrogens is 1. The van der Waals surface area contributed by atoms with Gasteiger partial charge in [-0.3, -0.25) is 9.69 Å². The van der Waals surface area contributed by atoms with Gasteiger partial charge in [0.1, 0.15) is 12.0 Å². The molecule has 2 heterocycles. The first-order valence-electron chi connectivity index (χ1n) is 10.1. The van der Waals surface area contributed by atoms with Crippen LogP contribution in [0.1, 0.15) is 50.9 Å². The fourth-order valence-electron chi connectivity index (χ4n) is 4.16. The lowest BCUT2D eigenvalue weighted by Crippen LogP contribution is -2.52. The van der Waals surface area contributed by atoms with Gasteiger partial charge in [-0.1, -0.05) is 20.8 Å². The number of nitrogens with one attached hydrogen (secondary N) is 2. The predicted molar refractivity (Wildman–Crippen MR) is 111 cm³/mol. The predicted octanol–water partition coefficient (Wildman–Crippen LogP) is 3.21. The Bertz CT molecular complexity index is 858. The molecule has 2 aromatic rings. The summed E-state index contributed by atoms with van der Waals surface area (Å²) in [5.74, 6) is 1.22. The summed E-state index contributed by atoms with van der Waals surface area (Å²) in [5, 5.41) is 4.04. The van der Waals surface area contributed by atoms with E-state index in [0.29, 0.717) is 18.8 Å². The molecule has 1 aliphatic heterocycles. The van der Waals surface area contributed by atoms with Crippen LogP contribution in [0.25, 0.3) is 10.9 Å². The fourth-order valence-corrected chi connectivity index (χ4v) is 4.16. The van der Waals surface area contributed by atoms with E-state index in [-0.39, 0.29) is 18.0 Å². The van der Waals surface area contributed by atoms with Crippen LogP contribution in [0, 0.1) is 5.92 Å². The van der Waals surface area contributed by atoms with Crippen molar-refractivity contribution in [1.82, 2.24) is 15.2 Å². The van der Waals surface area contributed by atoms with Gasteiger partial charge in [0, 0.05) is 22.7 Å². The van der Waals surface area contributed by atoms with Crippen LogP contribution in [0.15, 0.2) is 18.2 Å². The molecule has 0 saturated heterocycles. The molecule has 0 spiro atoms. The van der Waals surface area contributed by atoms with E-state index in [4.69, 9.17) is 4.74 Å². The van der Waals surface area contributed by atoms with Crippen LogP contribution in [0.4, 0.5) is 0 Å². The van der Waals surface area contributed by atoms with Gasteiger partial charge < -0.3 is 19.8 Å². The Morgan fingerprint density at radius 2 is 2.18 bits per heavy atom. The molecule has 3 atom stereocenters. The first kappa shape index (κ1) is 20.4. The molecule has 1 aliphatic rings. The first-order chi connectivity index (χ1) is 13.4. The molecule has 3 rings (SSSR count). The summed E-state index contributed by atoms with van der Waals surface area (Å²) in [5.41, 5.74) is 3.42. The molecule has 3 unspecified atom stereocenters. The molecule has 0 radical (unpaired) electrons. The highest BCUT2D eigenvalue weighted by atomic mass is 16.5. The van der Waals surface area contributed by atoms with Crippen molar-refractivity contribution < 1.29 is 14.3 Å². The summed E-state index contributed by atoms with van der Waals surface area (Å²) < 4.78 is 5.37. The van der Waals surface area contributed by atoms with Crippen molar-refractivity contribution in [2.75, 3.05) is 14.2 Å². The minimum atomic E-state index is -0.432. The molecule has 0 aliphatic carbocycles. The molecule has 152 valence electrons. The molecule has 1 aromatic heterocycles. The molecule has 0 fully saturated rings. The van der Waals surface area contributed by atoms with E-state index < -0.39 is 6.04 Å². The molecule has 6 nitrogen and oxygen atoms in total. The van der Waals surface area contributed by atoms with Gasteiger partial charge in [-0.15, -0.1) is 0 Å². The second-order valence-corrected chi connectivity index (χ2v) is 8.12. The van der Waals surface area contributed by atoms with Crippen molar-refractivity contribution >= 4 is 23.1 Å². The number of likely N-dealkylation sites (N-methyl/N-ethyl adjacent to an activating group) is 1. The van der Waals surface area contributed by atoms with Gasteiger partial charge in [0.2, 0.25) is 5.91 Å². The molecule has 1 aromatic carbocycles. The number of nitrogens with zero attached hydrogens (tertiary/aromatic N) is 1. The fraction of sp³-hybridized carbons (Fsp3) is 0.545. The second-order valence-electron chi connectivity index (χ2n) is 8.12. The smallest absolute Gasteiger partial charge is 0.238 e. The third kappa shape index (κ3) is 3.78. The minimum Gasteiger partial charge on any atom is -0.497 e. The van der Waals surface area contributed by atoms with Crippen molar-refractivity contribution in [2.24, 2.45) is 5.92 Å². The third-order valence-corrected chi connectivity index (χ3v) is 5.79. The largest absolute Gasteiger partial charge is 0.497 e. The first-order valence-corrected chi connectivity index (χ1v) is 10.1. The van der Waals surface area contributed by atoms with Crippen LogP contribution in [0.5, 0.6) is 5.75 Å². The maximum Gasteiger partial charge on any atom is 0.238 e. The third-order valence-electron chi connectivity index (χ3n) is 5.79. The Kier molecular flexibility index (Phi) is 6.08. The number of aromatic nitrogens is 1. The van der Waals surface area contributed by atoms with Crippen LogP contribution in [-0.4, -0.2) is 48.3 Å². The van der Waals surface area contributed by atoms with Gasteiger partial charge in [0.05, 0.1) is 25.2 Å². The zero-order valence-electron chi connectivity index (χ0n) is 17.4. The number of carbonyl (C=O) groups excluding carboxylic acids is 2. The zero-order chi connectivity index (χ0) is 20.4. The van der Waals surface area contributed by atoms with Crippen molar-refractivity contribution in [3.8, 4) is 5.75 Å². The summed E-state index contributed by atoms with van der Waals surface area (Å²) in [6, 6.07) is 5.42. The van der Waals surface area contributed by atoms with E-state index >= 15 is 0 Å². The summed E-state index contributed by atoms with van der Waals surface area (Å²) in [6.45, 7) is 6.29. The van der Waals surface area contributed by atoms with Crippen molar-refractivity contribution in [3.05, 3.63) is 29.5 Å². The van der Waals surface area contributed by atoms with E-state index in [1.807, 2.05) is 26.1 Å². The topological polar surface area (TPSA) is 74.4 Å². The van der Waals surface area contributed by atoms with Crippen LogP contribution in [0.3, 0.4) is 0 Å². The number of methoxy groups -OCH3 is 1. The molecule has 0 bridgehead atoms. The number of hydrogen-bond acceptors (Lipinski definition) is 4. The Labute approximate surface area is 166 Å². The SMILES string of the molecule is CCC(C=O)NC(=O)C1Cc2c([nH]c3cc(OC)ccc23)C(CC(C)C)N1C. The summed E-state index contributed by atoms with van der Waals surface area (Å²) >= 11 is 0. The van der Waals surface area contributed by atoms with Crippen molar-refractivity contribution in [3.63, 3.8) is 0 Å². The van der Waals surface area contributed by atoms with Gasteiger partial charge in [0.15, 0.2) is 0 Å². The van der Waals surface area contributed by atoms with E-state index in [2.05, 4.69) is 35.1 Å². The number of rotatable bonds is 7. The molecular formula is C22H31N3O3. The number of aromatic amines is 1. The number of hydrogen-bond donors (Lipinski definition) is 2. The maximum atomic E-state index is 13.0. The van der Waals surface area contributed by atoms with Crippen LogP contribution in [0.2, 0.25) is 0 Å². The summed E-state index contributed by atoms with van der Waals surface area (Å²) in [4.78, 5) is 29.9. The van der Waals surface area contributed by atoms with E-state index in [0.717, 1.165) is 29.4 Å². The number of benzene rings is 1. The monoisotopic (exact) mass is 385 g/mol. The number of aldehydes is 1. The molecule has 1 amide bonds. The van der Waals surface area contributed by atoms with Gasteiger partial charge in [0.25, 0.3) is 0 Å². The average molecular weight is 386 g/mol. The van der Waals surface area contributed by atoms with Crippen LogP contribution in [-0.2, 0) is 16.0 Å². The highest BCUT2D eigenvalue weighted by Gasteiger charge is 2.38. The molecule has 28 heavy (non-hydrogen) atoms. The Morgan fingerprint density at radius 3 is 2.79 bits per heavy atom. The van der Waals surface area contributed by atoms with Crippen molar-refractivity contribution in [2.45, 2.75) is 58.2 Å². The van der Waals surface area contributed by atoms with Crippen LogP contribution < -0.4 is 10.1 Å². The normalized spacial score (nSPS) is 20.8. The summed E-state index contributed by atoms with van der Waals surface area (Å²) in [7, 11) is 3.67. The molecule has 2 N–H and O–H groups in total. The van der Waals surface area contributed by atoms with Crippen molar-refractivity contribution in [1.29, 1.82) is 0 Å². The molecule has 0 saturated carbocycles. The Morgan fingerprint density at radius 1 is 1.43 bits per heavy atom. The van der Waals surface area contributed by atoms with Gasteiger partial charge in [-0.2, -0.15) is 0 Å². The van der Waals surface area contributed by atoms with Crippen LogP contribution >= 0.6 is 0 Å². The Hall–Kier alpha value is -2.34. The molecule has 6 heteroatoms. The summed E-state index contributed by atoms with van der Waals surface area (Å²) in [6.07, 6.45) is 2.98. The lowest BCUT2D eigenvalue weighted by atomic mass is 9.87. The zero-order valence-corrected chi connectivity index (χ0v) is 17.4. The van der Waals surface area contributed by atoms with E-state index in [1.165, 1.54) is 11.3 Å². The lowest BCUT2D eigenvalue weighted by molar-refractivity contribution is -0.129. The lowest BCUT2D eigenvalue weighted by Gasteiger charge is -2.39. The minimum absolute atomic E-state index is 0.0799. The number of amides is 1. The second kappa shape index (κ2) is 8.35. The van der Waals surface area contributed by atoms with Gasteiger partial charge in [-0.05, 0) is 49.9 Å². The quantitative estimate of drug-likeness (QED) is 0.718. The Balaban J connectivity index is 2.02. The van der Waals surface area contributed by atoms with E-state index in [1.54, 1.807) is 7.11 Å². The highest BCUT2D eigenvalue weighted by Crippen LogP contribution is 2.40. The highest BCUT2D eigenvalue weighted by molar-refractivity contribution is 5.90. The number of ether oxygens (including phenoxy) is 1. The van der Waals surface area contributed by atoms with E-state index in [9.17, 15) is 9.59 Å². The van der Waals surface area contributed by atoms with Gasteiger partial charge in [-0.25, -0.2) is 0 Å². The number of fused-ring (bicyclic) bond motifs is 3. The van der Waals surface area contributed by atoms with Gasteiger partial charge >= 0.3 is 0 Å². The average Bonchev–Trinajstić information content (AvgIpc) is 3.04. The molecular weight excluding hydrogens is 354 g/mol. The number of carbonyl (C=O) groups is 2. The maximum absolute atomic E-state index is 13.0. The standard InChI is InChI=1S/C22H31N3O3/c1-6-14(12-26)23-22(27)20-11-17-16-8-7-15(28-5)10-18(16)24-21(17)19(25(20)4)9-13(2)3/h7-8,10,12-14,19-20,24H,6,9,11H2,1-5H3,(H,23,27).